The molecule has 1 N–H and O–H groups in total. The van der Waals surface area contributed by atoms with Crippen molar-refractivity contribution in [2.24, 2.45) is 7.05 Å². The molecule has 1 saturated heterocycles. The van der Waals surface area contributed by atoms with Gasteiger partial charge in [0.15, 0.2) is 4.60 Å². The number of rotatable bonds is 3. The molecule has 1 aliphatic rings. The van der Waals surface area contributed by atoms with Crippen molar-refractivity contribution in [3.05, 3.63) is 10.3 Å². The maximum atomic E-state index is 10.6. The van der Waals surface area contributed by atoms with Gasteiger partial charge in [-0.05, 0) is 55.7 Å². The van der Waals surface area contributed by atoms with E-state index in [1.54, 1.807) is 11.7 Å². The highest BCUT2D eigenvalue weighted by atomic mass is 79.9. The molecule has 0 spiro atoms. The van der Waals surface area contributed by atoms with E-state index in [2.05, 4.69) is 45.0 Å². The molecular weight excluding hydrogens is 284 g/mol. The second kappa shape index (κ2) is 4.66. The Labute approximate surface area is 110 Å². The highest BCUT2D eigenvalue weighted by Crippen LogP contribution is 2.35. The van der Waals surface area contributed by atoms with Crippen LogP contribution in [0.3, 0.4) is 0 Å². The minimum Gasteiger partial charge on any atom is -0.385 e. The van der Waals surface area contributed by atoms with Gasteiger partial charge in [0.25, 0.3) is 0 Å². The summed E-state index contributed by atoms with van der Waals surface area (Å²) < 4.78 is 2.26. The number of halogens is 1. The topological polar surface area (TPSA) is 54.2 Å². The number of aromatic nitrogens is 3. The number of aliphatic hydroxyl groups is 1. The largest absolute Gasteiger partial charge is 0.385 e. The summed E-state index contributed by atoms with van der Waals surface area (Å²) in [6.45, 7) is 6.24. The lowest BCUT2D eigenvalue weighted by atomic mass is 9.93. The fraction of sp³-hybridized carbons (Fsp3) is 0.818. The standard InChI is InChI=1S/C11H19BrN4O/c1-11(2,16-6-4-5-7-16)9(17)8-10(12)13-14-15(8)3/h9,17H,4-7H2,1-3H3. The first kappa shape index (κ1) is 13.0. The van der Waals surface area contributed by atoms with E-state index in [0.717, 1.165) is 18.8 Å². The van der Waals surface area contributed by atoms with E-state index in [-0.39, 0.29) is 5.54 Å². The van der Waals surface area contributed by atoms with Crippen LogP contribution in [0.5, 0.6) is 0 Å². The molecule has 17 heavy (non-hydrogen) atoms. The smallest absolute Gasteiger partial charge is 0.154 e. The summed E-state index contributed by atoms with van der Waals surface area (Å²) in [5, 5.41) is 18.4. The predicted octanol–water partition coefficient (Wildman–Crippen LogP) is 1.49. The Morgan fingerprint density at radius 3 is 2.41 bits per heavy atom. The molecule has 0 radical (unpaired) electrons. The minimum absolute atomic E-state index is 0.297. The second-order valence-electron chi connectivity index (χ2n) is 5.14. The molecule has 1 atom stereocenters. The molecule has 1 aromatic rings. The summed E-state index contributed by atoms with van der Waals surface area (Å²) in [5.41, 5.74) is 0.441. The normalized spacial score (nSPS) is 19.8. The molecule has 5 nitrogen and oxygen atoms in total. The van der Waals surface area contributed by atoms with Crippen molar-refractivity contribution in [3.63, 3.8) is 0 Å². The third kappa shape index (κ3) is 2.26. The maximum absolute atomic E-state index is 10.6. The number of hydrogen-bond acceptors (Lipinski definition) is 4. The van der Waals surface area contributed by atoms with E-state index in [1.165, 1.54) is 12.8 Å². The van der Waals surface area contributed by atoms with Gasteiger partial charge in [-0.2, -0.15) is 0 Å². The van der Waals surface area contributed by atoms with E-state index >= 15 is 0 Å². The molecule has 0 aromatic carbocycles. The first-order chi connectivity index (χ1) is 7.94. The van der Waals surface area contributed by atoms with Gasteiger partial charge in [-0.25, -0.2) is 4.68 Å². The molecule has 1 aliphatic heterocycles. The lowest BCUT2D eigenvalue weighted by molar-refractivity contribution is -0.00374. The molecule has 96 valence electrons. The van der Waals surface area contributed by atoms with Crippen molar-refractivity contribution in [1.82, 2.24) is 19.9 Å². The molecule has 2 heterocycles. The molecule has 0 saturated carbocycles. The van der Waals surface area contributed by atoms with Crippen LogP contribution < -0.4 is 0 Å². The third-order valence-electron chi connectivity index (χ3n) is 3.68. The van der Waals surface area contributed by atoms with Gasteiger partial charge >= 0.3 is 0 Å². The molecule has 1 fully saturated rings. The van der Waals surface area contributed by atoms with Crippen LogP contribution in [0.25, 0.3) is 0 Å². The van der Waals surface area contributed by atoms with Crippen LogP contribution in [0, 0.1) is 0 Å². The van der Waals surface area contributed by atoms with Crippen molar-refractivity contribution in [2.75, 3.05) is 13.1 Å². The van der Waals surface area contributed by atoms with E-state index in [4.69, 9.17) is 0 Å². The number of likely N-dealkylation sites (tertiary alicyclic amines) is 1. The van der Waals surface area contributed by atoms with E-state index in [0.29, 0.717) is 4.60 Å². The first-order valence-electron chi connectivity index (χ1n) is 5.93. The first-order valence-corrected chi connectivity index (χ1v) is 6.72. The van der Waals surface area contributed by atoms with Gasteiger partial charge in [0, 0.05) is 12.6 Å². The zero-order valence-corrected chi connectivity index (χ0v) is 12.1. The van der Waals surface area contributed by atoms with Crippen LogP contribution in [-0.2, 0) is 7.05 Å². The summed E-state index contributed by atoms with van der Waals surface area (Å²) >= 11 is 3.35. The van der Waals surface area contributed by atoms with Crippen molar-refractivity contribution in [2.45, 2.75) is 38.3 Å². The van der Waals surface area contributed by atoms with E-state index < -0.39 is 6.10 Å². The lowest BCUT2D eigenvalue weighted by Gasteiger charge is -2.39. The Balaban J connectivity index is 2.26. The Morgan fingerprint density at radius 1 is 1.35 bits per heavy atom. The van der Waals surface area contributed by atoms with Gasteiger partial charge in [0.05, 0.1) is 0 Å². The predicted molar refractivity (Wildman–Crippen MR) is 68.5 cm³/mol. The molecule has 0 bridgehead atoms. The van der Waals surface area contributed by atoms with Crippen molar-refractivity contribution in [3.8, 4) is 0 Å². The Kier molecular flexibility index (Phi) is 3.56. The average molecular weight is 303 g/mol. The van der Waals surface area contributed by atoms with Gasteiger partial charge in [-0.1, -0.05) is 5.21 Å². The fourth-order valence-corrected chi connectivity index (χ4v) is 2.97. The molecule has 6 heteroatoms. The highest BCUT2D eigenvalue weighted by Gasteiger charge is 2.39. The highest BCUT2D eigenvalue weighted by molar-refractivity contribution is 9.10. The Hall–Kier alpha value is -0.460. The zero-order valence-electron chi connectivity index (χ0n) is 10.5. The molecule has 2 rings (SSSR count). The number of nitrogens with zero attached hydrogens (tertiary/aromatic N) is 4. The Bertz CT molecular complexity index is 379. The van der Waals surface area contributed by atoms with Gasteiger partial charge < -0.3 is 5.11 Å². The molecule has 1 aromatic heterocycles. The number of aryl methyl sites for hydroxylation is 1. The van der Waals surface area contributed by atoms with Gasteiger partial charge in [-0.3, -0.25) is 4.90 Å². The zero-order chi connectivity index (χ0) is 12.6. The number of hydrogen-bond donors (Lipinski definition) is 1. The quantitative estimate of drug-likeness (QED) is 0.919. The van der Waals surface area contributed by atoms with E-state index in [9.17, 15) is 5.11 Å². The van der Waals surface area contributed by atoms with Crippen LogP contribution in [0.15, 0.2) is 4.60 Å². The van der Waals surface area contributed by atoms with Crippen LogP contribution in [0.4, 0.5) is 0 Å². The van der Waals surface area contributed by atoms with Gasteiger partial charge in [-0.15, -0.1) is 5.10 Å². The van der Waals surface area contributed by atoms with Crippen LogP contribution >= 0.6 is 15.9 Å². The summed E-state index contributed by atoms with van der Waals surface area (Å²) in [7, 11) is 1.80. The minimum atomic E-state index is -0.602. The van der Waals surface area contributed by atoms with Crippen molar-refractivity contribution < 1.29 is 5.11 Å². The third-order valence-corrected chi connectivity index (χ3v) is 4.24. The van der Waals surface area contributed by atoms with Crippen LogP contribution in [0.2, 0.25) is 0 Å². The monoisotopic (exact) mass is 302 g/mol. The average Bonchev–Trinajstić information content (AvgIpc) is 2.88. The maximum Gasteiger partial charge on any atom is 0.154 e. The summed E-state index contributed by atoms with van der Waals surface area (Å²) in [4.78, 5) is 2.33. The summed E-state index contributed by atoms with van der Waals surface area (Å²) in [6, 6.07) is 0. The fourth-order valence-electron chi connectivity index (χ4n) is 2.43. The second-order valence-corrected chi connectivity index (χ2v) is 5.89. The van der Waals surface area contributed by atoms with Crippen molar-refractivity contribution >= 4 is 15.9 Å². The van der Waals surface area contributed by atoms with Crippen LogP contribution in [0.1, 0.15) is 38.5 Å². The van der Waals surface area contributed by atoms with Crippen LogP contribution in [-0.4, -0.2) is 43.6 Å². The SMILES string of the molecule is Cn1nnc(Br)c1C(O)C(C)(C)N1CCCC1. The van der Waals surface area contributed by atoms with E-state index in [1.807, 2.05) is 0 Å². The molecule has 0 amide bonds. The Morgan fingerprint density at radius 2 is 1.94 bits per heavy atom. The van der Waals surface area contributed by atoms with Crippen molar-refractivity contribution in [1.29, 1.82) is 0 Å². The molecular formula is C11H19BrN4O. The molecule has 1 unspecified atom stereocenters. The van der Waals surface area contributed by atoms with Gasteiger partial charge in [0.1, 0.15) is 11.8 Å². The number of aliphatic hydroxyl groups excluding tert-OH is 1. The summed E-state index contributed by atoms with van der Waals surface area (Å²) in [5.74, 6) is 0. The summed E-state index contributed by atoms with van der Waals surface area (Å²) in [6.07, 6.45) is 1.82. The van der Waals surface area contributed by atoms with Gasteiger partial charge in [0.2, 0.25) is 0 Å². The lowest BCUT2D eigenvalue weighted by Crippen LogP contribution is -2.47. The molecule has 0 aliphatic carbocycles.